The van der Waals surface area contributed by atoms with Crippen LogP contribution in [0.15, 0.2) is 30.9 Å². The van der Waals surface area contributed by atoms with Gasteiger partial charge >= 0.3 is 0 Å². The van der Waals surface area contributed by atoms with E-state index in [-0.39, 0.29) is 5.82 Å². The highest BCUT2D eigenvalue weighted by Gasteiger charge is 2.09. The van der Waals surface area contributed by atoms with Crippen LogP contribution in [0.2, 0.25) is 0 Å². The largest absolute Gasteiger partial charge is 0.496 e. The van der Waals surface area contributed by atoms with E-state index in [1.54, 1.807) is 19.3 Å². The molecule has 0 aliphatic heterocycles. The van der Waals surface area contributed by atoms with Gasteiger partial charge in [-0.25, -0.2) is 4.39 Å². The summed E-state index contributed by atoms with van der Waals surface area (Å²) in [5.41, 5.74) is 0.748. The first-order chi connectivity index (χ1) is 6.19. The van der Waals surface area contributed by atoms with E-state index in [1.807, 2.05) is 6.92 Å². The molecule has 0 heterocycles. The molecule has 1 aromatic rings. The van der Waals surface area contributed by atoms with Crippen molar-refractivity contribution < 1.29 is 9.13 Å². The molecule has 69 valence electrons. The quantitative estimate of drug-likeness (QED) is 0.693. The third-order valence-corrected chi connectivity index (χ3v) is 1.89. The Labute approximate surface area is 77.8 Å². The predicted molar refractivity (Wildman–Crippen MR) is 51.2 cm³/mol. The Balaban J connectivity index is 3.14. The Kier molecular flexibility index (Phi) is 3.07. The predicted octanol–water partition coefficient (Wildman–Crippen LogP) is 2.96. The molecule has 2 heteroatoms. The van der Waals surface area contributed by atoms with Crippen LogP contribution in [-0.2, 0) is 0 Å². The third-order valence-electron chi connectivity index (χ3n) is 1.89. The van der Waals surface area contributed by atoms with Crippen LogP contribution in [0.5, 0.6) is 5.75 Å². The van der Waals surface area contributed by atoms with E-state index in [0.29, 0.717) is 5.75 Å². The van der Waals surface area contributed by atoms with E-state index in [0.717, 1.165) is 11.5 Å². The zero-order chi connectivity index (χ0) is 9.84. The summed E-state index contributed by atoms with van der Waals surface area (Å²) in [4.78, 5) is 0. The standard InChI is InChI=1S/C11H12FO/c1-4-8(2)10-7-9(12)5-6-11(10)13-3/h4-7H,1H2,2-3H3. The number of halogens is 1. The topological polar surface area (TPSA) is 9.23 Å². The van der Waals surface area contributed by atoms with Gasteiger partial charge in [0.1, 0.15) is 11.6 Å². The number of allylic oxidation sites excluding steroid dienone is 1. The number of methoxy groups -OCH3 is 1. The van der Waals surface area contributed by atoms with Crippen molar-refractivity contribution in [2.24, 2.45) is 0 Å². The van der Waals surface area contributed by atoms with Crippen LogP contribution in [0.1, 0.15) is 12.5 Å². The van der Waals surface area contributed by atoms with Crippen molar-refractivity contribution in [3.05, 3.63) is 48.2 Å². The normalized spacial score (nSPS) is 10.2. The van der Waals surface area contributed by atoms with Crippen molar-refractivity contribution in [1.29, 1.82) is 0 Å². The second kappa shape index (κ2) is 4.08. The van der Waals surface area contributed by atoms with Crippen molar-refractivity contribution in [2.75, 3.05) is 7.11 Å². The molecular weight excluding hydrogens is 167 g/mol. The molecule has 0 fully saturated rings. The molecule has 0 aliphatic carbocycles. The van der Waals surface area contributed by atoms with Crippen LogP contribution < -0.4 is 4.74 Å². The summed E-state index contributed by atoms with van der Waals surface area (Å²) in [6.45, 7) is 5.49. The van der Waals surface area contributed by atoms with Crippen LogP contribution in [0.25, 0.3) is 0 Å². The lowest BCUT2D eigenvalue weighted by Gasteiger charge is -2.11. The highest BCUT2D eigenvalue weighted by molar-refractivity contribution is 5.46. The molecule has 0 N–H and O–H groups in total. The van der Waals surface area contributed by atoms with E-state index in [9.17, 15) is 4.39 Å². The van der Waals surface area contributed by atoms with Crippen molar-refractivity contribution in [3.63, 3.8) is 0 Å². The maximum absolute atomic E-state index is 12.9. The number of hydrogen-bond donors (Lipinski definition) is 0. The molecule has 1 rings (SSSR count). The molecule has 0 amide bonds. The van der Waals surface area contributed by atoms with E-state index in [2.05, 4.69) is 6.58 Å². The van der Waals surface area contributed by atoms with Gasteiger partial charge in [-0.05, 0) is 18.2 Å². The zero-order valence-corrected chi connectivity index (χ0v) is 7.80. The summed E-state index contributed by atoms with van der Waals surface area (Å²) in [5, 5.41) is 0. The van der Waals surface area contributed by atoms with Gasteiger partial charge in [0.05, 0.1) is 7.11 Å². The first-order valence-electron chi connectivity index (χ1n) is 3.99. The Hall–Kier alpha value is -1.31. The molecule has 0 spiro atoms. The molecule has 1 radical (unpaired) electrons. The molecule has 0 aromatic heterocycles. The van der Waals surface area contributed by atoms with Crippen LogP contribution in [-0.4, -0.2) is 7.11 Å². The van der Waals surface area contributed by atoms with Crippen molar-refractivity contribution in [3.8, 4) is 5.75 Å². The second-order valence-corrected chi connectivity index (χ2v) is 2.73. The minimum Gasteiger partial charge on any atom is -0.496 e. The SMILES string of the molecule is C=C[C](C)c1cc(F)ccc1OC. The molecule has 13 heavy (non-hydrogen) atoms. The molecule has 0 unspecified atom stereocenters. The number of hydrogen-bond acceptors (Lipinski definition) is 1. The van der Waals surface area contributed by atoms with Gasteiger partial charge in [-0.1, -0.05) is 13.0 Å². The Morgan fingerprint density at radius 2 is 2.23 bits per heavy atom. The molecule has 0 bridgehead atoms. The first kappa shape index (κ1) is 9.78. The van der Waals surface area contributed by atoms with Gasteiger partial charge in [0, 0.05) is 11.5 Å². The summed E-state index contributed by atoms with van der Waals surface area (Å²) in [5.74, 6) is 1.30. The first-order valence-corrected chi connectivity index (χ1v) is 3.99. The summed E-state index contributed by atoms with van der Waals surface area (Å²) < 4.78 is 18.0. The van der Waals surface area contributed by atoms with Crippen molar-refractivity contribution >= 4 is 0 Å². The average Bonchev–Trinajstić information content (AvgIpc) is 2.16. The van der Waals surface area contributed by atoms with Crippen molar-refractivity contribution in [1.82, 2.24) is 0 Å². The molecule has 0 saturated heterocycles. The fraction of sp³-hybridized carbons (Fsp3) is 0.182. The maximum atomic E-state index is 12.9. The number of benzene rings is 1. The average molecular weight is 179 g/mol. The summed E-state index contributed by atoms with van der Waals surface area (Å²) in [7, 11) is 1.56. The monoisotopic (exact) mass is 179 g/mol. The zero-order valence-electron chi connectivity index (χ0n) is 7.80. The lowest BCUT2D eigenvalue weighted by molar-refractivity contribution is 0.410. The summed E-state index contributed by atoms with van der Waals surface area (Å²) in [6, 6.07) is 4.42. The Morgan fingerprint density at radius 1 is 1.54 bits per heavy atom. The van der Waals surface area contributed by atoms with E-state index < -0.39 is 0 Å². The van der Waals surface area contributed by atoms with Crippen LogP contribution >= 0.6 is 0 Å². The highest BCUT2D eigenvalue weighted by Crippen LogP contribution is 2.26. The lowest BCUT2D eigenvalue weighted by Crippen LogP contribution is -1.96. The molecule has 1 nitrogen and oxygen atoms in total. The Bertz CT molecular complexity index is 307. The van der Waals surface area contributed by atoms with Gasteiger partial charge in [-0.2, -0.15) is 0 Å². The minimum atomic E-state index is -0.267. The van der Waals surface area contributed by atoms with Crippen molar-refractivity contribution in [2.45, 2.75) is 6.92 Å². The molecule has 0 saturated carbocycles. The van der Waals surface area contributed by atoms with Gasteiger partial charge in [0.15, 0.2) is 0 Å². The second-order valence-electron chi connectivity index (χ2n) is 2.73. The van der Waals surface area contributed by atoms with E-state index >= 15 is 0 Å². The molecule has 0 atom stereocenters. The Morgan fingerprint density at radius 3 is 2.77 bits per heavy atom. The van der Waals surface area contributed by atoms with Crippen LogP contribution in [0.3, 0.4) is 0 Å². The maximum Gasteiger partial charge on any atom is 0.123 e. The molecule has 1 aromatic carbocycles. The van der Waals surface area contributed by atoms with Crippen LogP contribution in [0.4, 0.5) is 4.39 Å². The van der Waals surface area contributed by atoms with Gasteiger partial charge in [-0.3, -0.25) is 0 Å². The van der Waals surface area contributed by atoms with Gasteiger partial charge in [0.2, 0.25) is 0 Å². The minimum absolute atomic E-state index is 0.267. The number of ether oxygens (including phenoxy) is 1. The highest BCUT2D eigenvalue weighted by atomic mass is 19.1. The lowest BCUT2D eigenvalue weighted by atomic mass is 10.0. The number of rotatable bonds is 3. The smallest absolute Gasteiger partial charge is 0.123 e. The molecule has 0 aliphatic rings. The van der Waals surface area contributed by atoms with Gasteiger partial charge < -0.3 is 4.74 Å². The fourth-order valence-electron chi connectivity index (χ4n) is 1.10. The fourth-order valence-corrected chi connectivity index (χ4v) is 1.10. The summed E-state index contributed by atoms with van der Waals surface area (Å²) >= 11 is 0. The van der Waals surface area contributed by atoms with Gasteiger partial charge in [-0.15, -0.1) is 6.58 Å². The van der Waals surface area contributed by atoms with E-state index in [4.69, 9.17) is 4.74 Å². The summed E-state index contributed by atoms with van der Waals surface area (Å²) in [6.07, 6.45) is 1.68. The van der Waals surface area contributed by atoms with E-state index in [1.165, 1.54) is 12.1 Å². The molecular formula is C11H12FO. The van der Waals surface area contributed by atoms with Crippen LogP contribution in [0, 0.1) is 11.7 Å². The third kappa shape index (κ3) is 2.08. The van der Waals surface area contributed by atoms with Gasteiger partial charge in [0.25, 0.3) is 0 Å².